The number of carbonyl (C=O) groups is 1. The second-order valence-corrected chi connectivity index (χ2v) is 12.0. The van der Waals surface area contributed by atoms with Gasteiger partial charge in [0.05, 0.1) is 26.0 Å². The molecule has 1 heterocycles. The van der Waals surface area contributed by atoms with Crippen LogP contribution in [-0.2, 0) is 25.0 Å². The van der Waals surface area contributed by atoms with Gasteiger partial charge in [-0.15, -0.1) is 10.2 Å². The minimum absolute atomic E-state index is 0. The van der Waals surface area contributed by atoms with Crippen molar-refractivity contribution in [1.29, 1.82) is 5.26 Å². The number of rotatable bonds is 7. The molecule has 0 fully saturated rings. The molecule has 1 aromatic heterocycles. The number of nitriles is 1. The summed E-state index contributed by atoms with van der Waals surface area (Å²) in [5.74, 6) is -0.304. The van der Waals surface area contributed by atoms with Gasteiger partial charge in [-0.05, 0) is 29.8 Å². The fraction of sp³-hybridized carbons (Fsp3) is 0.0435. The topological polar surface area (TPSA) is 261 Å². The number of nitrogen functional groups attached to an aromatic ring is 1. The molecule has 3 aromatic carbocycles. The van der Waals surface area contributed by atoms with E-state index in [0.29, 0.717) is 29.4 Å². The van der Waals surface area contributed by atoms with Crippen molar-refractivity contribution in [3.8, 4) is 17.2 Å². The van der Waals surface area contributed by atoms with Crippen LogP contribution in [0, 0.1) is 21.4 Å². The molecule has 1 amide bonds. The Labute approximate surface area is 271 Å². The third-order valence-corrected chi connectivity index (χ3v) is 8.15. The van der Waals surface area contributed by atoms with Crippen LogP contribution in [0.4, 0.5) is 27.1 Å². The Morgan fingerprint density at radius 2 is 1.53 bits per heavy atom. The number of anilines is 2. The molecule has 0 bridgehead atoms. The van der Waals surface area contributed by atoms with Crippen LogP contribution >= 0.6 is 11.3 Å². The summed E-state index contributed by atoms with van der Waals surface area (Å²) < 4.78 is 71.8. The van der Waals surface area contributed by atoms with Crippen LogP contribution in [0.1, 0.15) is 12.5 Å². The smallest absolute Gasteiger partial charge is 0.744 e. The van der Waals surface area contributed by atoms with Crippen molar-refractivity contribution < 1.29 is 73.4 Å². The van der Waals surface area contributed by atoms with Crippen molar-refractivity contribution in [3.05, 3.63) is 64.2 Å². The molecule has 3 N–H and O–H groups in total. The zero-order valence-corrected chi connectivity index (χ0v) is 24.8. The number of amides is 1. The number of nitro groups is 1. The Balaban J connectivity index is 0.00000323. The molecule has 0 atom stereocenters. The summed E-state index contributed by atoms with van der Waals surface area (Å²) in [4.78, 5) is 19.3. The molecule has 0 saturated heterocycles. The summed E-state index contributed by atoms with van der Waals surface area (Å²) in [6.45, 7) is 1.33. The first-order chi connectivity index (χ1) is 19.1. The van der Waals surface area contributed by atoms with Crippen LogP contribution in [0.3, 0.4) is 0 Å². The number of nitrogens with zero attached hydrogens (tertiary/aromatic N) is 4. The number of azo groups is 1. The van der Waals surface area contributed by atoms with Gasteiger partial charge in [-0.2, -0.15) is 5.26 Å². The van der Waals surface area contributed by atoms with Crippen molar-refractivity contribution in [2.45, 2.75) is 16.7 Å². The fourth-order valence-corrected chi connectivity index (χ4v) is 6.12. The second-order valence-electron chi connectivity index (χ2n) is 8.24. The van der Waals surface area contributed by atoms with Gasteiger partial charge >= 0.3 is 37.7 Å². The molecule has 0 aliphatic heterocycles. The molecular formula is C23H14Li2N6O9S3. The molecule has 0 spiro atoms. The Morgan fingerprint density at radius 3 is 2.05 bits per heavy atom. The molecular weight excluding hydrogens is 614 g/mol. The minimum atomic E-state index is -5.39. The SMILES string of the molecule is CC(=O)Nc1ccc(-c2c(N=Nc3cc(S(=O)(=O)[O-])c4cc([N+](=O)[O-])cc(S(=O)(=O)[O-])c4c3)sc(N)c2C#N)cc1.[Li+].[Li+]. The molecule has 0 unspecified atom stereocenters. The molecule has 0 aliphatic carbocycles. The van der Waals surface area contributed by atoms with Gasteiger partial charge in [-0.25, -0.2) is 16.8 Å². The molecule has 0 saturated carbocycles. The molecule has 0 radical (unpaired) electrons. The summed E-state index contributed by atoms with van der Waals surface area (Å²) in [6.07, 6.45) is 0. The first-order valence-corrected chi connectivity index (χ1v) is 14.5. The number of hydrogen-bond acceptors (Lipinski definition) is 14. The number of nitro benzene ring substituents is 1. The van der Waals surface area contributed by atoms with Gasteiger partial charge < -0.3 is 20.2 Å². The number of carbonyl (C=O) groups excluding carboxylic acids is 1. The number of hydrogen-bond donors (Lipinski definition) is 2. The first-order valence-electron chi connectivity index (χ1n) is 10.9. The van der Waals surface area contributed by atoms with E-state index < -0.39 is 57.1 Å². The Kier molecular flexibility index (Phi) is 11.1. The van der Waals surface area contributed by atoms with E-state index in [1.807, 2.05) is 6.07 Å². The van der Waals surface area contributed by atoms with Gasteiger partial charge in [0.15, 0.2) is 0 Å². The van der Waals surface area contributed by atoms with E-state index in [0.717, 1.165) is 17.4 Å². The van der Waals surface area contributed by atoms with Crippen molar-refractivity contribution in [2.24, 2.45) is 10.2 Å². The van der Waals surface area contributed by atoms with E-state index in [-0.39, 0.29) is 64.8 Å². The molecule has 4 rings (SSSR count). The van der Waals surface area contributed by atoms with Crippen molar-refractivity contribution in [2.75, 3.05) is 11.1 Å². The molecule has 0 aliphatic rings. The van der Waals surface area contributed by atoms with E-state index in [9.17, 15) is 46.1 Å². The predicted molar refractivity (Wildman–Crippen MR) is 144 cm³/mol. The molecule has 20 heteroatoms. The number of fused-ring (bicyclic) bond motifs is 1. The van der Waals surface area contributed by atoms with Crippen LogP contribution in [-0.4, -0.2) is 36.8 Å². The average molecular weight is 628 g/mol. The maximum atomic E-state index is 12.0. The zero-order chi connectivity index (χ0) is 30.3. The normalized spacial score (nSPS) is 11.4. The first kappa shape index (κ1) is 35.6. The summed E-state index contributed by atoms with van der Waals surface area (Å²) in [5, 5.41) is 30.3. The number of benzene rings is 3. The third kappa shape index (κ3) is 7.68. The Morgan fingerprint density at radius 1 is 0.977 bits per heavy atom. The van der Waals surface area contributed by atoms with Crippen LogP contribution < -0.4 is 48.8 Å². The summed E-state index contributed by atoms with van der Waals surface area (Å²) in [5.41, 5.74) is 5.85. The number of thiophene rings is 1. The van der Waals surface area contributed by atoms with Gasteiger partial charge in [0, 0.05) is 41.1 Å². The standard InChI is InChI=1S/C23H16N6O9S3.2Li/c1-11(30)26-13-4-2-12(3-5-13)21-18(10-24)22(25)39-23(21)28-27-14-6-16-17(19(7-14)40(33,34)35)8-15(29(31)32)9-20(16)41(36,37)38;;/h2-9H,25H2,1H3,(H,26,30)(H,33,34,35)(H,36,37,38);;/q;2*+1/p-2. The van der Waals surface area contributed by atoms with Gasteiger partial charge in [0.25, 0.3) is 5.69 Å². The van der Waals surface area contributed by atoms with E-state index in [4.69, 9.17) is 5.73 Å². The fourth-order valence-electron chi connectivity index (χ4n) is 3.86. The van der Waals surface area contributed by atoms with Crippen LogP contribution in [0.5, 0.6) is 0 Å². The Bertz CT molecular complexity index is 2060. The molecule has 43 heavy (non-hydrogen) atoms. The number of non-ortho nitro benzene ring substituents is 1. The molecule has 4 aromatic rings. The van der Waals surface area contributed by atoms with Crippen molar-refractivity contribution in [1.82, 2.24) is 0 Å². The second kappa shape index (κ2) is 13.4. The van der Waals surface area contributed by atoms with Gasteiger partial charge in [0.2, 0.25) is 5.91 Å². The molecule has 210 valence electrons. The summed E-state index contributed by atoms with van der Waals surface area (Å²) in [6, 6.07) is 10.9. The number of nitrogens with two attached hydrogens (primary N) is 1. The van der Waals surface area contributed by atoms with E-state index in [1.54, 1.807) is 24.3 Å². The summed E-state index contributed by atoms with van der Waals surface area (Å²) >= 11 is 0.845. The van der Waals surface area contributed by atoms with Crippen LogP contribution in [0.25, 0.3) is 21.9 Å². The van der Waals surface area contributed by atoms with E-state index >= 15 is 0 Å². The predicted octanol–water partition coefficient (Wildman–Crippen LogP) is -1.88. The van der Waals surface area contributed by atoms with E-state index in [1.165, 1.54) is 6.92 Å². The number of nitrogens with one attached hydrogen (secondary N) is 1. The van der Waals surface area contributed by atoms with Gasteiger partial charge in [0.1, 0.15) is 36.3 Å². The monoisotopic (exact) mass is 628 g/mol. The van der Waals surface area contributed by atoms with Crippen molar-refractivity contribution in [3.63, 3.8) is 0 Å². The maximum Gasteiger partial charge on any atom is 1.00 e. The minimum Gasteiger partial charge on any atom is -0.744 e. The van der Waals surface area contributed by atoms with Crippen molar-refractivity contribution >= 4 is 75.3 Å². The van der Waals surface area contributed by atoms with Gasteiger partial charge in [-0.3, -0.25) is 14.9 Å². The average Bonchev–Trinajstić information content (AvgIpc) is 3.20. The quantitative estimate of drug-likeness (QED) is 0.0752. The maximum absolute atomic E-state index is 12.0. The largest absolute Gasteiger partial charge is 1.00 e. The molecule has 15 nitrogen and oxygen atoms in total. The van der Waals surface area contributed by atoms with Crippen LogP contribution in [0.15, 0.2) is 68.6 Å². The van der Waals surface area contributed by atoms with Gasteiger partial charge in [-0.1, -0.05) is 23.5 Å². The summed E-state index contributed by atoms with van der Waals surface area (Å²) in [7, 11) is -10.8. The Hall–Kier alpha value is -3.61. The van der Waals surface area contributed by atoms with Crippen LogP contribution in [0.2, 0.25) is 0 Å². The third-order valence-electron chi connectivity index (χ3n) is 5.49. The van der Waals surface area contributed by atoms with E-state index in [2.05, 4.69) is 15.5 Å². The zero-order valence-electron chi connectivity index (χ0n) is 22.4.